The van der Waals surface area contributed by atoms with Crippen LogP contribution >= 0.6 is 0 Å². The van der Waals surface area contributed by atoms with E-state index in [4.69, 9.17) is 4.74 Å². The van der Waals surface area contributed by atoms with Crippen molar-refractivity contribution in [3.8, 4) is 11.4 Å². The van der Waals surface area contributed by atoms with E-state index < -0.39 is 5.97 Å². The van der Waals surface area contributed by atoms with Gasteiger partial charge in [0.1, 0.15) is 11.4 Å². The number of nitrogens with zero attached hydrogens (tertiary/aromatic N) is 2. The van der Waals surface area contributed by atoms with E-state index in [-0.39, 0.29) is 17.2 Å². The van der Waals surface area contributed by atoms with Gasteiger partial charge in [0.05, 0.1) is 23.9 Å². The molecule has 1 aliphatic rings. The zero-order chi connectivity index (χ0) is 20.8. The number of fused-ring (bicyclic) bond motifs is 2. The molecule has 4 aromatic rings. The Morgan fingerprint density at radius 3 is 2.40 bits per heavy atom. The van der Waals surface area contributed by atoms with Gasteiger partial charge >= 0.3 is 5.97 Å². The van der Waals surface area contributed by atoms with Crippen molar-refractivity contribution in [2.24, 2.45) is 4.99 Å². The van der Waals surface area contributed by atoms with Crippen molar-refractivity contribution in [2.75, 3.05) is 7.11 Å². The lowest BCUT2D eigenvalue weighted by atomic mass is 10.1. The molecule has 6 heteroatoms. The van der Waals surface area contributed by atoms with Crippen LogP contribution in [0.4, 0.5) is 5.69 Å². The number of benzene rings is 3. The fraction of sp³-hybridized carbons (Fsp3) is 0.0417. The molecule has 2 heterocycles. The largest absolute Gasteiger partial charge is 0.505 e. The third-order valence-corrected chi connectivity index (χ3v) is 5.21. The molecule has 1 aliphatic heterocycles. The summed E-state index contributed by atoms with van der Waals surface area (Å²) in [4.78, 5) is 29.4. The topological polar surface area (TPSA) is 80.9 Å². The van der Waals surface area contributed by atoms with E-state index >= 15 is 0 Å². The fourth-order valence-corrected chi connectivity index (χ4v) is 3.80. The Morgan fingerprint density at radius 1 is 0.967 bits per heavy atom. The second-order valence-corrected chi connectivity index (χ2v) is 6.89. The van der Waals surface area contributed by atoms with Gasteiger partial charge in [-0.2, -0.15) is 0 Å². The van der Waals surface area contributed by atoms with E-state index in [1.165, 1.54) is 7.11 Å². The number of para-hydroxylation sites is 2. The molecule has 0 saturated carbocycles. The number of esters is 1. The molecule has 0 spiro atoms. The Labute approximate surface area is 171 Å². The lowest BCUT2D eigenvalue weighted by Crippen LogP contribution is -2.16. The second kappa shape index (κ2) is 6.70. The minimum absolute atomic E-state index is 0.0115. The van der Waals surface area contributed by atoms with Crippen molar-refractivity contribution in [1.82, 2.24) is 4.57 Å². The molecule has 0 bridgehead atoms. The van der Waals surface area contributed by atoms with Crippen molar-refractivity contribution >= 4 is 34.1 Å². The van der Waals surface area contributed by atoms with Crippen molar-refractivity contribution in [2.45, 2.75) is 0 Å². The number of ether oxygens (including phenoxy) is 1. The average molecular weight is 396 g/mol. The van der Waals surface area contributed by atoms with Gasteiger partial charge in [0, 0.05) is 16.6 Å². The average Bonchev–Trinajstić information content (AvgIpc) is 3.27. The Bertz CT molecular complexity index is 1360. The van der Waals surface area contributed by atoms with Crippen LogP contribution in [-0.4, -0.2) is 34.2 Å². The number of hydrogen-bond acceptors (Lipinski definition) is 5. The second-order valence-electron chi connectivity index (χ2n) is 6.89. The fourth-order valence-electron chi connectivity index (χ4n) is 3.80. The summed E-state index contributed by atoms with van der Waals surface area (Å²) in [6.07, 6.45) is 0. The van der Waals surface area contributed by atoms with Crippen molar-refractivity contribution in [3.63, 3.8) is 0 Å². The molecule has 0 saturated heterocycles. The molecule has 0 amide bonds. The summed E-state index contributed by atoms with van der Waals surface area (Å²) >= 11 is 0. The number of rotatable bonds is 3. The molecular formula is C24H16N2O4. The molecule has 0 aliphatic carbocycles. The van der Waals surface area contributed by atoms with Crippen LogP contribution in [0.2, 0.25) is 0 Å². The lowest BCUT2D eigenvalue weighted by molar-refractivity contribution is 0.0600. The van der Waals surface area contributed by atoms with Crippen molar-refractivity contribution < 1.29 is 19.4 Å². The molecule has 0 radical (unpaired) electrons. The highest BCUT2D eigenvalue weighted by atomic mass is 16.5. The van der Waals surface area contributed by atoms with Crippen LogP contribution in [-0.2, 0) is 4.74 Å². The third-order valence-electron chi connectivity index (χ3n) is 5.21. The summed E-state index contributed by atoms with van der Waals surface area (Å²) in [7, 11) is 1.33. The number of hydrogen-bond donors (Lipinski definition) is 1. The predicted octanol–water partition coefficient (Wildman–Crippen LogP) is 4.44. The normalized spacial score (nSPS) is 12.7. The van der Waals surface area contributed by atoms with Gasteiger partial charge < -0.3 is 14.4 Å². The van der Waals surface area contributed by atoms with Gasteiger partial charge in [-0.15, -0.1) is 0 Å². The summed E-state index contributed by atoms with van der Waals surface area (Å²) in [6.45, 7) is 0. The zero-order valence-corrected chi connectivity index (χ0v) is 16.0. The summed E-state index contributed by atoms with van der Waals surface area (Å²) in [5, 5.41) is 11.6. The molecule has 0 fully saturated rings. The Kier molecular flexibility index (Phi) is 3.99. The highest BCUT2D eigenvalue weighted by Gasteiger charge is 2.32. The molecule has 6 nitrogen and oxygen atoms in total. The van der Waals surface area contributed by atoms with E-state index in [0.717, 1.165) is 5.52 Å². The molecule has 0 atom stereocenters. The molecule has 1 aromatic heterocycles. The first-order chi connectivity index (χ1) is 14.6. The van der Waals surface area contributed by atoms with E-state index in [9.17, 15) is 14.7 Å². The highest BCUT2D eigenvalue weighted by Crippen LogP contribution is 2.38. The summed E-state index contributed by atoms with van der Waals surface area (Å²) in [6, 6.07) is 21.2. The summed E-state index contributed by atoms with van der Waals surface area (Å²) < 4.78 is 6.55. The van der Waals surface area contributed by atoms with Gasteiger partial charge in [0.15, 0.2) is 5.75 Å². The molecular weight excluding hydrogens is 380 g/mol. The van der Waals surface area contributed by atoms with E-state index in [1.807, 2.05) is 24.3 Å². The Balaban J connectivity index is 1.75. The highest BCUT2D eigenvalue weighted by molar-refractivity contribution is 6.55. The molecule has 30 heavy (non-hydrogen) atoms. The number of carbonyl (C=O) groups excluding carboxylic acids is 2. The van der Waals surface area contributed by atoms with Gasteiger partial charge in [-0.1, -0.05) is 24.3 Å². The van der Waals surface area contributed by atoms with Crippen LogP contribution in [0.15, 0.2) is 77.8 Å². The van der Waals surface area contributed by atoms with Gasteiger partial charge in [-0.3, -0.25) is 4.79 Å². The Morgan fingerprint density at radius 2 is 1.67 bits per heavy atom. The maximum Gasteiger partial charge on any atom is 0.337 e. The number of aromatic hydroxyl groups is 1. The van der Waals surface area contributed by atoms with Gasteiger partial charge in [-0.05, 0) is 48.5 Å². The number of ketones is 1. The van der Waals surface area contributed by atoms with Gasteiger partial charge in [-0.25, -0.2) is 9.79 Å². The number of carbonyl (C=O) groups is 2. The van der Waals surface area contributed by atoms with Crippen molar-refractivity contribution in [3.05, 3.63) is 89.6 Å². The first kappa shape index (κ1) is 17.9. The minimum Gasteiger partial charge on any atom is -0.505 e. The van der Waals surface area contributed by atoms with Crippen LogP contribution < -0.4 is 0 Å². The van der Waals surface area contributed by atoms with E-state index in [1.54, 1.807) is 53.1 Å². The maximum atomic E-state index is 13.1. The number of Topliss-reactive ketones (excluding diaryl/α,β-unsaturated/α-hetero) is 1. The maximum absolute atomic E-state index is 13.1. The lowest BCUT2D eigenvalue weighted by Gasteiger charge is -2.11. The summed E-state index contributed by atoms with van der Waals surface area (Å²) in [5.74, 6) is -0.688. The zero-order valence-electron chi connectivity index (χ0n) is 16.0. The van der Waals surface area contributed by atoms with Crippen LogP contribution in [0.25, 0.3) is 16.6 Å². The molecule has 3 aromatic carbocycles. The SMILES string of the molecule is COC(=O)c1ccc(-n2c(C3=Nc4ccccc4C3=O)c(O)c3ccccc32)cc1. The molecule has 5 rings (SSSR count). The molecule has 0 unspecified atom stereocenters. The minimum atomic E-state index is -0.437. The van der Waals surface area contributed by atoms with Crippen LogP contribution in [0.3, 0.4) is 0 Å². The van der Waals surface area contributed by atoms with E-state index in [0.29, 0.717) is 33.6 Å². The molecule has 1 N–H and O–H groups in total. The standard InChI is InChI=1S/C24H16N2O4/c1-30-24(29)14-10-12-15(13-11-14)26-19-9-5-3-7-17(19)23(28)21(26)20-22(27)16-6-2-4-8-18(16)25-20/h2-13,28H,1H3. The van der Waals surface area contributed by atoms with Gasteiger partial charge in [0.25, 0.3) is 0 Å². The number of aromatic nitrogens is 1. The van der Waals surface area contributed by atoms with Crippen LogP contribution in [0.1, 0.15) is 26.4 Å². The smallest absolute Gasteiger partial charge is 0.337 e. The van der Waals surface area contributed by atoms with Crippen LogP contribution in [0, 0.1) is 0 Å². The monoisotopic (exact) mass is 396 g/mol. The quantitative estimate of drug-likeness (QED) is 0.519. The number of aliphatic imine (C=N–C) groups is 1. The Hall–Kier alpha value is -4.19. The first-order valence-electron chi connectivity index (χ1n) is 9.34. The van der Waals surface area contributed by atoms with E-state index in [2.05, 4.69) is 4.99 Å². The van der Waals surface area contributed by atoms with Crippen molar-refractivity contribution in [1.29, 1.82) is 0 Å². The third kappa shape index (κ3) is 2.54. The predicted molar refractivity (Wildman–Crippen MR) is 113 cm³/mol. The van der Waals surface area contributed by atoms with Gasteiger partial charge in [0.2, 0.25) is 5.78 Å². The number of methoxy groups -OCH3 is 1. The molecule has 146 valence electrons. The summed E-state index contributed by atoms with van der Waals surface area (Å²) in [5.41, 5.74) is 3.40. The first-order valence-corrected chi connectivity index (χ1v) is 9.34. The van der Waals surface area contributed by atoms with Crippen LogP contribution in [0.5, 0.6) is 5.75 Å².